The van der Waals surface area contributed by atoms with Crippen LogP contribution in [0.4, 0.5) is 0 Å². The zero-order chi connectivity index (χ0) is 86.8. The van der Waals surface area contributed by atoms with Crippen LogP contribution in [0.25, 0.3) is 65.4 Å². The molecule has 15 rings (SSSR count). The molecule has 3 atom stereocenters. The summed E-state index contributed by atoms with van der Waals surface area (Å²) in [4.78, 5) is -0.535. The SMILES string of the molecule is CC1(C)OB(c2sccc2-n2c3ccccc3c3ccccc32)OC1(C)C.O=S1(=O)c2ccccc2S(=O)(=O)c2cc(-c3sccc3-n3c4ccccc4c4ccccc43)ccc21.O=S1(=O)c2ccccc2S(=O)(=O)c2cc(Br)ccc21.PP(P)P.S=S=S=S=S=S=S=S=S=S=S=S=S=S=S=S.S=S=S=S=S=S=S=S=S=S=S=S=S=S=S=S=S=S=S. The first-order chi connectivity index (χ1) is 58.2. The molecule has 0 aliphatic carbocycles. The van der Waals surface area contributed by atoms with E-state index >= 15 is 0 Å². The van der Waals surface area contributed by atoms with Gasteiger partial charge in [0.2, 0.25) is 39.3 Å². The summed E-state index contributed by atoms with van der Waals surface area (Å²) in [6.07, 6.45) is 0. The summed E-state index contributed by atoms with van der Waals surface area (Å²) >= 11 is 25.3. The monoisotopic (exact) mass is 2510 g/mol. The van der Waals surface area contributed by atoms with Gasteiger partial charge in [-0.25, -0.2) is 33.7 Å². The number of hydrogen-bond acceptors (Lipinski definition) is 16. The first-order valence-corrected chi connectivity index (χ1v) is 90.7. The number of aromatic nitrogens is 2. The molecule has 0 saturated carbocycles. The quantitative estimate of drug-likeness (QED) is 0.121. The van der Waals surface area contributed by atoms with Gasteiger partial charge in [-0.3, -0.25) is 0 Å². The van der Waals surface area contributed by atoms with Crippen molar-refractivity contribution in [3.8, 4) is 21.8 Å². The number of hydrogen-bond donors (Lipinski definition) is 0. The number of thiophene rings is 2. The summed E-state index contributed by atoms with van der Waals surface area (Å²) < 4.78 is 122. The van der Waals surface area contributed by atoms with Gasteiger partial charge in [-0.15, -0.1) is 38.1 Å². The van der Waals surface area contributed by atoms with Gasteiger partial charge in [0.1, 0.15) is 0 Å². The van der Waals surface area contributed by atoms with E-state index in [2.05, 4.69) is 164 Å². The Labute approximate surface area is 833 Å². The van der Waals surface area contributed by atoms with Crippen molar-refractivity contribution in [2.45, 2.75) is 78.1 Å². The second-order valence-electron chi connectivity index (χ2n) is 23.3. The summed E-state index contributed by atoms with van der Waals surface area (Å²) in [6, 6.07) is 57.8. The van der Waals surface area contributed by atoms with Crippen molar-refractivity contribution in [2.24, 2.45) is 0 Å². The van der Waals surface area contributed by atoms with Crippen molar-refractivity contribution in [3.63, 3.8) is 0 Å². The lowest BCUT2D eigenvalue weighted by molar-refractivity contribution is 0.00578. The van der Waals surface area contributed by atoms with Crippen LogP contribution in [0.5, 0.6) is 0 Å². The van der Waals surface area contributed by atoms with Gasteiger partial charge in [0, 0.05) is 346 Å². The molecular formula is C62H52BBrN2O10P4S41. The Hall–Kier alpha value is 2.44. The zero-order valence-electron chi connectivity index (χ0n) is 60.5. The van der Waals surface area contributed by atoms with Crippen LogP contribution in [0.2, 0.25) is 0 Å². The fourth-order valence-corrected chi connectivity index (χ4v) is 95.9. The molecule has 12 aromatic rings. The number of sulfone groups is 4. The molecule has 4 aromatic heterocycles. The lowest BCUT2D eigenvalue weighted by Crippen LogP contribution is -2.41. The first kappa shape index (κ1) is 106. The van der Waals surface area contributed by atoms with Crippen LogP contribution < -0.4 is 4.78 Å². The first-order valence-electron chi connectivity index (χ1n) is 32.0. The molecule has 3 aliphatic rings. The van der Waals surface area contributed by atoms with E-state index in [1.807, 2.05) is 35.7 Å². The Morgan fingerprint density at radius 2 is 0.595 bits per heavy atom. The largest absolute Gasteiger partial charge is 0.507 e. The third kappa shape index (κ3) is 28.3. The fraction of sp³-hybridized carbons (Fsp3) is 0.0968. The van der Waals surface area contributed by atoms with Crippen LogP contribution in [-0.2, 0) is 369 Å². The Morgan fingerprint density at radius 3 is 0.926 bits per heavy atom. The highest BCUT2D eigenvalue weighted by Crippen LogP contribution is 2.60. The summed E-state index contributed by atoms with van der Waals surface area (Å²) in [5.74, 6) is 0. The second kappa shape index (κ2) is 52.5. The van der Waals surface area contributed by atoms with Gasteiger partial charge in [0.05, 0.1) is 93.5 Å². The number of halogens is 1. The molecule has 646 valence electrons. The fourth-order valence-electron chi connectivity index (χ4n) is 11.2. The summed E-state index contributed by atoms with van der Waals surface area (Å²) in [6.45, 7) is 8.52. The van der Waals surface area contributed by atoms with Crippen molar-refractivity contribution < 1.29 is 43.0 Å². The Morgan fingerprint density at radius 1 is 0.339 bits per heavy atom. The second-order valence-corrected chi connectivity index (χ2v) is 100. The molecule has 3 unspecified atom stereocenters. The molecule has 0 amide bonds. The van der Waals surface area contributed by atoms with Crippen molar-refractivity contribution in [1.29, 1.82) is 0 Å². The lowest BCUT2D eigenvalue weighted by Gasteiger charge is -2.32. The highest BCUT2D eigenvalue weighted by Gasteiger charge is 2.53. The average molecular weight is 2510 g/mol. The van der Waals surface area contributed by atoms with Gasteiger partial charge in [0.15, 0.2) is 0 Å². The molecule has 0 spiro atoms. The van der Waals surface area contributed by atoms with Crippen LogP contribution >= 0.6 is 72.4 Å². The normalized spacial score (nSPS) is 14.1. The molecule has 3 aliphatic heterocycles. The molecule has 0 bridgehead atoms. The standard InChI is InChI=1S/C28H17NO4S3.C22H22BNO2S.C12H7BrO4S2.H6P4.S19.S16/c30-35(31)24-11-5-6-12-25(24)36(32,33)27-17-18(13-14-26(27)35)28-23(15-16-34-28)29-21-9-3-1-7-19(21)20-8-2-4-10-22(20)29;1-21(2)22(3,4)26-23(25-21)20-19(13-14-27-20)24-17-11-7-5-9-15(17)16-10-6-8-12-18(16)24;13-8-5-6-11-12(7-8)19(16,17)10-4-2-1-3-9(10)18(11,14)15;1-4(2)3;1-3-5-7-9-11-13-15-17-19-18-16-14-12-10-8-6-4-2;1-3-5-7-9-11-13-15-16-14-12-10-8-6-4-2/h1-17H;5-14H,1-4H3;1-7H;1-3H2;;. The molecule has 7 heterocycles. The molecule has 8 aromatic carbocycles. The Kier molecular flexibility index (Phi) is 45.8. The van der Waals surface area contributed by atoms with Crippen LogP contribution in [0.15, 0.2) is 249 Å². The number of fused-ring (bicyclic) bond motifs is 10. The van der Waals surface area contributed by atoms with E-state index in [9.17, 15) is 33.7 Å². The van der Waals surface area contributed by atoms with E-state index in [-0.39, 0.29) is 64.5 Å². The Bertz CT molecular complexity index is 7920. The van der Waals surface area contributed by atoms with Crippen LogP contribution in [0, 0.1) is 0 Å². The van der Waals surface area contributed by atoms with E-state index < -0.39 is 39.3 Å². The van der Waals surface area contributed by atoms with Gasteiger partial charge in [-0.1, -0.05) is 119 Å². The van der Waals surface area contributed by atoms with Crippen molar-refractivity contribution in [1.82, 2.24) is 9.13 Å². The molecule has 0 N–H and O–H groups in total. The maximum absolute atomic E-state index is 13.5. The minimum atomic E-state index is -4.00. The molecule has 121 heavy (non-hydrogen) atoms. The van der Waals surface area contributed by atoms with E-state index in [0.29, 0.717) is 10.0 Å². The van der Waals surface area contributed by atoms with E-state index in [0.717, 1.165) is 42.8 Å². The molecular weight excluding hydrogens is 2460 g/mol. The minimum absolute atomic E-state index is 0.130. The predicted molar refractivity (Wildman–Crippen MR) is 621 cm³/mol. The number of nitrogens with zero attached hydrogens (tertiary/aromatic N) is 2. The summed E-state index contributed by atoms with van der Waals surface area (Å²) in [7, 11) is 44.6. The third-order valence-corrected chi connectivity index (χ3v) is 91.1. The average Bonchev–Trinajstić information content (AvgIpc) is 1.64. The van der Waals surface area contributed by atoms with E-state index in [1.165, 1.54) is 141 Å². The van der Waals surface area contributed by atoms with Gasteiger partial charge < -0.3 is 18.4 Å². The maximum atomic E-state index is 13.5. The molecule has 59 heteroatoms. The molecule has 0 radical (unpaired) electrons. The topological polar surface area (TPSA) is 165 Å². The number of benzene rings is 8. The predicted octanol–water partition coefficient (Wildman–Crippen LogP) is 15.8. The summed E-state index contributed by atoms with van der Waals surface area (Å²) in [5, 5.41) is 8.87. The van der Waals surface area contributed by atoms with Crippen molar-refractivity contribution >= 4 is 487 Å². The van der Waals surface area contributed by atoms with Crippen LogP contribution in [0.3, 0.4) is 0 Å². The van der Waals surface area contributed by atoms with Crippen molar-refractivity contribution in [2.75, 3.05) is 0 Å². The minimum Gasteiger partial charge on any atom is -0.399 e. The number of para-hydroxylation sites is 4. The highest BCUT2D eigenvalue weighted by atomic mass is 79.9. The summed E-state index contributed by atoms with van der Waals surface area (Å²) in [5.41, 5.74) is 6.49. The maximum Gasteiger partial charge on any atom is 0.507 e. The Balaban J connectivity index is 0.000000162. The number of rotatable bonds is 4. The molecule has 1 saturated heterocycles. The van der Waals surface area contributed by atoms with E-state index in [1.54, 1.807) is 263 Å². The van der Waals surface area contributed by atoms with E-state index in [4.69, 9.17) is 54.1 Å². The smallest absolute Gasteiger partial charge is 0.399 e. The molecule has 1 fully saturated rings. The van der Waals surface area contributed by atoms with Gasteiger partial charge in [-0.2, -0.15) is 11.3 Å². The van der Waals surface area contributed by atoms with Crippen LogP contribution in [0.1, 0.15) is 27.7 Å². The van der Waals surface area contributed by atoms with Gasteiger partial charge in [-0.05, 0) is 142 Å². The zero-order valence-corrected chi connectivity index (χ0v) is 99.9. The highest BCUT2D eigenvalue weighted by molar-refractivity contribution is 9.10. The van der Waals surface area contributed by atoms with Gasteiger partial charge in [0.25, 0.3) is 0 Å². The van der Waals surface area contributed by atoms with Crippen LogP contribution in [-0.4, -0.2) is 61.1 Å². The third-order valence-electron chi connectivity index (χ3n) is 16.4. The molecule has 12 nitrogen and oxygen atoms in total. The lowest BCUT2D eigenvalue weighted by atomic mass is 9.86. The van der Waals surface area contributed by atoms with Crippen molar-refractivity contribution in [3.05, 3.63) is 209 Å². The van der Waals surface area contributed by atoms with Gasteiger partial charge >= 0.3 is 7.12 Å².